The Morgan fingerprint density at radius 1 is 1.27 bits per heavy atom. The Balaban J connectivity index is 1.82. The van der Waals surface area contributed by atoms with Gasteiger partial charge in [-0.2, -0.15) is 0 Å². The van der Waals surface area contributed by atoms with Gasteiger partial charge >= 0.3 is 0 Å². The Morgan fingerprint density at radius 2 is 2.00 bits per heavy atom. The molecular formula is C12H17NO2. The van der Waals surface area contributed by atoms with Crippen molar-refractivity contribution in [2.24, 2.45) is 5.92 Å². The largest absolute Gasteiger partial charge is 0.497 e. The average molecular weight is 207 g/mol. The summed E-state index contributed by atoms with van der Waals surface area (Å²) in [6.45, 7) is 3.01. The van der Waals surface area contributed by atoms with E-state index in [0.29, 0.717) is 5.92 Å². The van der Waals surface area contributed by atoms with E-state index in [9.17, 15) is 0 Å². The quantitative estimate of drug-likeness (QED) is 0.815. The van der Waals surface area contributed by atoms with Crippen LogP contribution < -0.4 is 14.8 Å². The highest BCUT2D eigenvalue weighted by atomic mass is 16.5. The van der Waals surface area contributed by atoms with Crippen molar-refractivity contribution in [2.75, 3.05) is 26.8 Å². The monoisotopic (exact) mass is 207 g/mol. The fourth-order valence-corrected chi connectivity index (χ4v) is 1.74. The fraction of sp³-hybridized carbons (Fsp3) is 0.500. The second kappa shape index (κ2) is 5.03. The van der Waals surface area contributed by atoms with Gasteiger partial charge in [-0.25, -0.2) is 0 Å². The molecular weight excluding hydrogens is 190 g/mol. The molecule has 0 amide bonds. The normalized spacial score (nSPS) is 20.2. The topological polar surface area (TPSA) is 30.5 Å². The molecule has 1 aliphatic rings. The summed E-state index contributed by atoms with van der Waals surface area (Å²) in [6.07, 6.45) is 1.22. The first-order chi connectivity index (χ1) is 7.38. The van der Waals surface area contributed by atoms with Crippen molar-refractivity contribution in [3.8, 4) is 11.5 Å². The van der Waals surface area contributed by atoms with Gasteiger partial charge in [0.1, 0.15) is 11.5 Å². The third-order valence-electron chi connectivity index (χ3n) is 2.71. The molecule has 15 heavy (non-hydrogen) atoms. The number of rotatable bonds is 4. The van der Waals surface area contributed by atoms with Gasteiger partial charge in [-0.3, -0.25) is 0 Å². The van der Waals surface area contributed by atoms with E-state index in [1.807, 2.05) is 24.3 Å². The predicted octanol–water partition coefficient (Wildman–Crippen LogP) is 1.68. The molecule has 82 valence electrons. The van der Waals surface area contributed by atoms with Crippen molar-refractivity contribution in [2.45, 2.75) is 6.42 Å². The van der Waals surface area contributed by atoms with Gasteiger partial charge in [-0.1, -0.05) is 0 Å². The van der Waals surface area contributed by atoms with E-state index in [1.54, 1.807) is 7.11 Å². The molecule has 0 bridgehead atoms. The maximum absolute atomic E-state index is 5.69. The number of nitrogens with one attached hydrogen (secondary N) is 1. The molecule has 0 unspecified atom stereocenters. The lowest BCUT2D eigenvalue weighted by Gasteiger charge is -2.10. The minimum Gasteiger partial charge on any atom is -0.497 e. The summed E-state index contributed by atoms with van der Waals surface area (Å²) in [4.78, 5) is 0. The molecule has 0 spiro atoms. The van der Waals surface area contributed by atoms with Gasteiger partial charge in [-0.05, 0) is 37.2 Å². The molecule has 0 aliphatic carbocycles. The Kier molecular flexibility index (Phi) is 3.45. The molecule has 1 aromatic carbocycles. The fourth-order valence-electron chi connectivity index (χ4n) is 1.74. The number of benzene rings is 1. The summed E-state index contributed by atoms with van der Waals surface area (Å²) in [5, 5.41) is 3.33. The van der Waals surface area contributed by atoms with Gasteiger partial charge in [-0.15, -0.1) is 0 Å². The van der Waals surface area contributed by atoms with E-state index in [0.717, 1.165) is 31.2 Å². The first kappa shape index (κ1) is 10.3. The minimum absolute atomic E-state index is 0.659. The Hall–Kier alpha value is -1.22. The van der Waals surface area contributed by atoms with Crippen LogP contribution in [0.2, 0.25) is 0 Å². The van der Waals surface area contributed by atoms with Gasteiger partial charge < -0.3 is 14.8 Å². The van der Waals surface area contributed by atoms with Crippen LogP contribution in [0.15, 0.2) is 24.3 Å². The van der Waals surface area contributed by atoms with E-state index in [2.05, 4.69) is 5.32 Å². The van der Waals surface area contributed by atoms with Crippen molar-refractivity contribution in [1.29, 1.82) is 0 Å². The lowest BCUT2D eigenvalue weighted by Crippen LogP contribution is -2.15. The molecule has 3 nitrogen and oxygen atoms in total. The first-order valence-electron chi connectivity index (χ1n) is 5.36. The van der Waals surface area contributed by atoms with Crippen molar-refractivity contribution < 1.29 is 9.47 Å². The third kappa shape index (κ3) is 2.86. The third-order valence-corrected chi connectivity index (χ3v) is 2.71. The van der Waals surface area contributed by atoms with Crippen molar-refractivity contribution in [1.82, 2.24) is 5.32 Å². The summed E-state index contributed by atoms with van der Waals surface area (Å²) in [5.74, 6) is 2.44. The van der Waals surface area contributed by atoms with E-state index in [4.69, 9.17) is 9.47 Å². The van der Waals surface area contributed by atoms with Crippen LogP contribution in [0.1, 0.15) is 6.42 Å². The van der Waals surface area contributed by atoms with Crippen LogP contribution in [0.25, 0.3) is 0 Å². The number of ether oxygens (including phenoxy) is 2. The predicted molar refractivity (Wildman–Crippen MR) is 59.5 cm³/mol. The van der Waals surface area contributed by atoms with Crippen LogP contribution in [-0.4, -0.2) is 26.8 Å². The SMILES string of the molecule is COc1ccc(OC[C@H]2CCNC2)cc1. The maximum atomic E-state index is 5.69. The standard InChI is InChI=1S/C12H17NO2/c1-14-11-2-4-12(5-3-11)15-9-10-6-7-13-8-10/h2-5,10,13H,6-9H2,1H3/t10-/m0/s1. The molecule has 2 rings (SSSR count). The zero-order valence-electron chi connectivity index (χ0n) is 9.03. The van der Waals surface area contributed by atoms with Gasteiger partial charge in [0.15, 0.2) is 0 Å². The second-order valence-electron chi connectivity index (χ2n) is 3.85. The molecule has 3 heteroatoms. The maximum Gasteiger partial charge on any atom is 0.119 e. The first-order valence-corrected chi connectivity index (χ1v) is 5.36. The number of hydrogen-bond acceptors (Lipinski definition) is 3. The van der Waals surface area contributed by atoms with Gasteiger partial charge in [0.25, 0.3) is 0 Å². The molecule has 1 aliphatic heterocycles. The molecule has 1 saturated heterocycles. The molecule has 0 saturated carbocycles. The molecule has 1 aromatic rings. The Bertz CT molecular complexity index is 291. The Labute approximate surface area is 90.4 Å². The summed E-state index contributed by atoms with van der Waals surface area (Å²) in [7, 11) is 1.67. The van der Waals surface area contributed by atoms with Crippen LogP contribution in [-0.2, 0) is 0 Å². The molecule has 0 aromatic heterocycles. The lowest BCUT2D eigenvalue weighted by molar-refractivity contribution is 0.259. The van der Waals surface area contributed by atoms with Crippen LogP contribution in [0, 0.1) is 5.92 Å². The average Bonchev–Trinajstić information content (AvgIpc) is 2.80. The minimum atomic E-state index is 0.659. The molecule has 1 atom stereocenters. The summed E-state index contributed by atoms with van der Waals surface area (Å²) >= 11 is 0. The zero-order valence-corrected chi connectivity index (χ0v) is 9.03. The summed E-state index contributed by atoms with van der Waals surface area (Å²) in [6, 6.07) is 7.73. The molecule has 1 heterocycles. The van der Waals surface area contributed by atoms with Crippen molar-refractivity contribution >= 4 is 0 Å². The second-order valence-corrected chi connectivity index (χ2v) is 3.85. The zero-order chi connectivity index (χ0) is 10.5. The van der Waals surface area contributed by atoms with E-state index in [-0.39, 0.29) is 0 Å². The van der Waals surface area contributed by atoms with Crippen molar-refractivity contribution in [3.05, 3.63) is 24.3 Å². The lowest BCUT2D eigenvalue weighted by atomic mass is 10.1. The van der Waals surface area contributed by atoms with Crippen LogP contribution in [0.3, 0.4) is 0 Å². The number of hydrogen-bond donors (Lipinski definition) is 1. The Morgan fingerprint density at radius 3 is 2.60 bits per heavy atom. The van der Waals surface area contributed by atoms with Gasteiger partial charge in [0.05, 0.1) is 13.7 Å². The van der Waals surface area contributed by atoms with Gasteiger partial charge in [0.2, 0.25) is 0 Å². The van der Waals surface area contributed by atoms with Crippen molar-refractivity contribution in [3.63, 3.8) is 0 Å². The van der Waals surface area contributed by atoms with Gasteiger partial charge in [0, 0.05) is 12.5 Å². The van der Waals surface area contributed by atoms with E-state index < -0.39 is 0 Å². The van der Waals surface area contributed by atoms with Crippen LogP contribution in [0.5, 0.6) is 11.5 Å². The highest BCUT2D eigenvalue weighted by molar-refractivity contribution is 5.31. The highest BCUT2D eigenvalue weighted by Crippen LogP contribution is 2.18. The molecule has 0 radical (unpaired) electrons. The highest BCUT2D eigenvalue weighted by Gasteiger charge is 2.14. The van der Waals surface area contributed by atoms with E-state index >= 15 is 0 Å². The molecule has 1 fully saturated rings. The summed E-state index contributed by atoms with van der Waals surface area (Å²) in [5.41, 5.74) is 0. The van der Waals surface area contributed by atoms with Crippen LogP contribution >= 0.6 is 0 Å². The smallest absolute Gasteiger partial charge is 0.119 e. The van der Waals surface area contributed by atoms with E-state index in [1.165, 1.54) is 6.42 Å². The van der Waals surface area contributed by atoms with Crippen LogP contribution in [0.4, 0.5) is 0 Å². The summed E-state index contributed by atoms with van der Waals surface area (Å²) < 4.78 is 10.8. The number of methoxy groups -OCH3 is 1. The molecule has 1 N–H and O–H groups in total.